The van der Waals surface area contributed by atoms with Crippen molar-refractivity contribution >= 4 is 23.6 Å². The average molecular weight is 266 g/mol. The molecule has 0 bridgehead atoms. The summed E-state index contributed by atoms with van der Waals surface area (Å²) in [5.74, 6) is 1.02. The highest BCUT2D eigenvalue weighted by Gasteiger charge is 2.22. The van der Waals surface area contributed by atoms with Gasteiger partial charge in [0.25, 0.3) is 0 Å². The summed E-state index contributed by atoms with van der Waals surface area (Å²) in [6.07, 6.45) is 2.36. The van der Waals surface area contributed by atoms with Crippen molar-refractivity contribution in [3.05, 3.63) is 29.6 Å². The molecule has 1 aliphatic heterocycles. The highest BCUT2D eigenvalue weighted by molar-refractivity contribution is 7.99. The Labute approximate surface area is 109 Å². The number of amides is 1. The number of rotatable bonds is 4. The van der Waals surface area contributed by atoms with E-state index in [1.807, 2.05) is 0 Å². The Morgan fingerprint density at radius 1 is 1.56 bits per heavy atom. The number of aromatic carboxylic acids is 1. The first-order valence-electron chi connectivity index (χ1n) is 5.70. The van der Waals surface area contributed by atoms with E-state index < -0.39 is 5.97 Å². The van der Waals surface area contributed by atoms with Crippen molar-refractivity contribution < 1.29 is 14.7 Å². The van der Waals surface area contributed by atoms with E-state index in [0.29, 0.717) is 5.69 Å². The molecule has 96 valence electrons. The Hall–Kier alpha value is -1.56. The topological polar surface area (TPSA) is 79.3 Å². The lowest BCUT2D eigenvalue weighted by Crippen LogP contribution is -2.30. The molecule has 0 spiro atoms. The molecule has 1 unspecified atom stereocenters. The molecular formula is C12H14N2O3S. The summed E-state index contributed by atoms with van der Waals surface area (Å²) in [5.41, 5.74) is 0.750. The Morgan fingerprint density at radius 3 is 3.06 bits per heavy atom. The van der Waals surface area contributed by atoms with E-state index in [-0.39, 0.29) is 23.9 Å². The fourth-order valence-corrected chi connectivity index (χ4v) is 2.99. The fourth-order valence-electron chi connectivity index (χ4n) is 1.77. The largest absolute Gasteiger partial charge is 0.478 e. The second-order valence-electron chi connectivity index (χ2n) is 4.12. The van der Waals surface area contributed by atoms with E-state index in [4.69, 9.17) is 5.11 Å². The number of hydrogen-bond acceptors (Lipinski definition) is 4. The van der Waals surface area contributed by atoms with Crippen molar-refractivity contribution in [1.29, 1.82) is 0 Å². The molecule has 1 saturated heterocycles. The van der Waals surface area contributed by atoms with Gasteiger partial charge in [0.2, 0.25) is 5.91 Å². The summed E-state index contributed by atoms with van der Waals surface area (Å²) in [6.45, 7) is 0.279. The van der Waals surface area contributed by atoms with Crippen LogP contribution in [0.5, 0.6) is 0 Å². The van der Waals surface area contributed by atoms with Crippen LogP contribution in [0.2, 0.25) is 0 Å². The number of carboxylic acids is 1. The van der Waals surface area contributed by atoms with Gasteiger partial charge in [-0.25, -0.2) is 4.79 Å². The Morgan fingerprint density at radius 2 is 2.39 bits per heavy atom. The zero-order valence-corrected chi connectivity index (χ0v) is 10.6. The van der Waals surface area contributed by atoms with Gasteiger partial charge in [-0.05, 0) is 24.3 Å². The minimum absolute atomic E-state index is 0.0301. The lowest BCUT2D eigenvalue weighted by atomic mass is 10.1. The second-order valence-corrected chi connectivity index (χ2v) is 5.27. The number of hydrogen-bond donors (Lipinski definition) is 2. The molecule has 6 heteroatoms. The maximum Gasteiger partial charge on any atom is 0.335 e. The summed E-state index contributed by atoms with van der Waals surface area (Å²) < 4.78 is 0. The van der Waals surface area contributed by atoms with Gasteiger partial charge < -0.3 is 10.4 Å². The first-order chi connectivity index (χ1) is 8.66. The summed E-state index contributed by atoms with van der Waals surface area (Å²) in [6, 6.07) is 2.91. The molecule has 0 aromatic carbocycles. The molecular weight excluding hydrogens is 252 g/mol. The van der Waals surface area contributed by atoms with Gasteiger partial charge in [-0.2, -0.15) is 11.8 Å². The molecule has 0 aliphatic carbocycles. The highest BCUT2D eigenvalue weighted by Crippen LogP contribution is 2.23. The van der Waals surface area contributed by atoms with Crippen LogP contribution in [0.3, 0.4) is 0 Å². The van der Waals surface area contributed by atoms with Crippen molar-refractivity contribution in [2.45, 2.75) is 13.0 Å². The number of carboxylic acid groups (broad SMARTS) is 1. The minimum Gasteiger partial charge on any atom is -0.478 e. The summed E-state index contributed by atoms with van der Waals surface area (Å²) >= 11 is 1.78. The number of nitrogens with one attached hydrogen (secondary N) is 1. The molecule has 2 N–H and O–H groups in total. The third kappa shape index (κ3) is 3.22. The number of thioether (sulfide) groups is 1. The average Bonchev–Trinajstić information content (AvgIpc) is 2.90. The van der Waals surface area contributed by atoms with Crippen LogP contribution in [0.4, 0.5) is 0 Å². The normalized spacial score (nSPS) is 18.6. The van der Waals surface area contributed by atoms with E-state index in [9.17, 15) is 9.59 Å². The first-order valence-corrected chi connectivity index (χ1v) is 6.86. The quantitative estimate of drug-likeness (QED) is 0.854. The van der Waals surface area contributed by atoms with Crippen LogP contribution in [-0.4, -0.2) is 33.5 Å². The van der Waals surface area contributed by atoms with Crippen LogP contribution in [0.15, 0.2) is 18.3 Å². The van der Waals surface area contributed by atoms with Crippen LogP contribution in [0.25, 0.3) is 0 Å². The van der Waals surface area contributed by atoms with E-state index in [1.54, 1.807) is 11.8 Å². The van der Waals surface area contributed by atoms with E-state index in [2.05, 4.69) is 10.3 Å². The fraction of sp³-hybridized carbons (Fsp3) is 0.417. The van der Waals surface area contributed by atoms with Gasteiger partial charge in [0.05, 0.1) is 17.8 Å². The molecule has 1 aromatic heterocycles. The van der Waals surface area contributed by atoms with E-state index in [0.717, 1.165) is 17.9 Å². The third-order valence-corrected chi connectivity index (χ3v) is 3.97. The minimum atomic E-state index is -0.989. The third-order valence-electron chi connectivity index (χ3n) is 2.81. The van der Waals surface area contributed by atoms with Crippen molar-refractivity contribution in [2.75, 3.05) is 11.5 Å². The number of aromatic nitrogens is 1. The van der Waals surface area contributed by atoms with Crippen LogP contribution in [0.1, 0.15) is 22.5 Å². The van der Waals surface area contributed by atoms with Crippen molar-refractivity contribution in [3.8, 4) is 0 Å². The summed E-state index contributed by atoms with van der Waals surface area (Å²) in [5, 5.41) is 11.6. The van der Waals surface area contributed by atoms with Crippen molar-refractivity contribution in [2.24, 2.45) is 5.92 Å². The molecule has 1 aromatic rings. The molecule has 2 heterocycles. The smallest absolute Gasteiger partial charge is 0.335 e. The van der Waals surface area contributed by atoms with Crippen LogP contribution < -0.4 is 5.32 Å². The summed E-state index contributed by atoms with van der Waals surface area (Å²) in [7, 11) is 0. The predicted molar refractivity (Wildman–Crippen MR) is 68.5 cm³/mol. The van der Waals surface area contributed by atoms with Crippen molar-refractivity contribution in [3.63, 3.8) is 0 Å². The lowest BCUT2D eigenvalue weighted by Gasteiger charge is -2.09. The van der Waals surface area contributed by atoms with E-state index in [1.165, 1.54) is 18.3 Å². The zero-order valence-electron chi connectivity index (χ0n) is 9.76. The van der Waals surface area contributed by atoms with Gasteiger partial charge in [-0.15, -0.1) is 0 Å². The molecule has 5 nitrogen and oxygen atoms in total. The number of nitrogens with zero attached hydrogens (tertiary/aromatic N) is 1. The van der Waals surface area contributed by atoms with E-state index >= 15 is 0 Å². The standard InChI is InChI=1S/C12H14N2O3S/c15-11(9-2-4-18-7-9)14-6-10-5-8(12(16)17)1-3-13-10/h1,3,5,9H,2,4,6-7H2,(H,14,15)(H,16,17). The predicted octanol–water partition coefficient (Wildman–Crippen LogP) is 1.15. The maximum atomic E-state index is 11.8. The molecule has 1 fully saturated rings. The number of pyridine rings is 1. The van der Waals surface area contributed by atoms with Crippen LogP contribution >= 0.6 is 11.8 Å². The lowest BCUT2D eigenvalue weighted by molar-refractivity contribution is -0.124. The zero-order chi connectivity index (χ0) is 13.0. The SMILES string of the molecule is O=C(O)c1ccnc(CNC(=O)C2CCSC2)c1. The van der Waals surface area contributed by atoms with Crippen molar-refractivity contribution in [1.82, 2.24) is 10.3 Å². The Balaban J connectivity index is 1.91. The monoisotopic (exact) mass is 266 g/mol. The van der Waals surface area contributed by atoms with Crippen LogP contribution in [0, 0.1) is 5.92 Å². The molecule has 0 saturated carbocycles. The second kappa shape index (κ2) is 5.86. The first kappa shape index (κ1) is 12.9. The van der Waals surface area contributed by atoms with Gasteiger partial charge in [0.1, 0.15) is 0 Å². The van der Waals surface area contributed by atoms with Gasteiger partial charge in [0.15, 0.2) is 0 Å². The Bertz CT molecular complexity index is 458. The molecule has 1 atom stereocenters. The maximum absolute atomic E-state index is 11.8. The van der Waals surface area contributed by atoms with Gasteiger partial charge in [-0.3, -0.25) is 9.78 Å². The molecule has 0 radical (unpaired) electrons. The number of carbonyl (C=O) groups is 2. The Kier molecular flexibility index (Phi) is 4.19. The van der Waals surface area contributed by atoms with Crippen LogP contribution in [-0.2, 0) is 11.3 Å². The molecule has 2 rings (SSSR count). The molecule has 1 amide bonds. The summed E-state index contributed by atoms with van der Waals surface area (Å²) in [4.78, 5) is 26.6. The highest BCUT2D eigenvalue weighted by atomic mass is 32.2. The molecule has 18 heavy (non-hydrogen) atoms. The van der Waals surface area contributed by atoms with Gasteiger partial charge in [0, 0.05) is 17.9 Å². The van der Waals surface area contributed by atoms with Gasteiger partial charge >= 0.3 is 5.97 Å². The molecule has 1 aliphatic rings. The number of carbonyl (C=O) groups excluding carboxylic acids is 1. The van der Waals surface area contributed by atoms with Gasteiger partial charge in [-0.1, -0.05) is 0 Å².